The molecule has 0 saturated carbocycles. The molecule has 9 heteroatoms. The molecule has 1 amide bonds. The van der Waals surface area contributed by atoms with E-state index in [1.165, 1.54) is 13.8 Å². The summed E-state index contributed by atoms with van der Waals surface area (Å²) in [6.07, 6.45) is -3.42. The fraction of sp³-hybridized carbons (Fsp3) is 0.333. The zero-order valence-corrected chi connectivity index (χ0v) is 21.3. The second kappa shape index (κ2) is 10.8. The Morgan fingerprint density at radius 1 is 1.11 bits per heavy atom. The normalized spacial score (nSPS) is 12.8. The van der Waals surface area contributed by atoms with Crippen molar-refractivity contribution in [1.29, 1.82) is 0 Å². The molecule has 0 radical (unpaired) electrons. The number of aryl methyl sites for hydroxylation is 1. The molecule has 2 aromatic carbocycles. The van der Waals surface area contributed by atoms with E-state index < -0.39 is 28.8 Å². The predicted molar refractivity (Wildman–Crippen MR) is 136 cm³/mol. The van der Waals surface area contributed by atoms with Crippen LogP contribution in [0.5, 0.6) is 5.75 Å². The van der Waals surface area contributed by atoms with Gasteiger partial charge in [-0.05, 0) is 63.1 Å². The van der Waals surface area contributed by atoms with Crippen molar-refractivity contribution in [3.05, 3.63) is 76.6 Å². The third kappa shape index (κ3) is 6.29. The van der Waals surface area contributed by atoms with Gasteiger partial charge in [0.2, 0.25) is 5.91 Å². The van der Waals surface area contributed by atoms with Gasteiger partial charge in [-0.1, -0.05) is 42.3 Å². The van der Waals surface area contributed by atoms with Crippen LogP contribution in [0.4, 0.5) is 18.9 Å². The van der Waals surface area contributed by atoms with Gasteiger partial charge < -0.3 is 15.7 Å². The number of aromatic hydroxyl groups is 1. The molecule has 3 rings (SSSR count). The highest BCUT2D eigenvalue weighted by atomic mass is 35.5. The lowest BCUT2D eigenvalue weighted by atomic mass is 9.86. The molecule has 1 atom stereocenters. The van der Waals surface area contributed by atoms with Crippen molar-refractivity contribution in [2.45, 2.75) is 51.7 Å². The molecule has 0 saturated heterocycles. The van der Waals surface area contributed by atoms with Gasteiger partial charge in [0.15, 0.2) is 0 Å². The van der Waals surface area contributed by atoms with Crippen LogP contribution in [0, 0.1) is 6.92 Å². The van der Waals surface area contributed by atoms with Crippen LogP contribution in [0.2, 0.25) is 5.02 Å². The standard InChI is InChI=1S/C27H29ClF3N3O2/c1-5-20(15-32-22-11-6-16(2)12-21(22)17-7-9-19(28)10-8-17)34-25(36)26(3,4)24-23(35)13-18(14-33-24)27(29,30)31/h6-14,20,32,35H,5,15H2,1-4H3,(H,34,36). The summed E-state index contributed by atoms with van der Waals surface area (Å²) in [5.41, 5.74) is 1.40. The first kappa shape index (κ1) is 27.3. The van der Waals surface area contributed by atoms with Crippen LogP contribution in [0.1, 0.15) is 44.0 Å². The summed E-state index contributed by atoms with van der Waals surface area (Å²) in [6.45, 7) is 7.36. The summed E-state index contributed by atoms with van der Waals surface area (Å²) in [7, 11) is 0. The highest BCUT2D eigenvalue weighted by molar-refractivity contribution is 6.30. The molecule has 3 aromatic rings. The highest BCUT2D eigenvalue weighted by Gasteiger charge is 2.37. The van der Waals surface area contributed by atoms with Gasteiger partial charge in [0.1, 0.15) is 5.75 Å². The lowest BCUT2D eigenvalue weighted by molar-refractivity contribution is -0.138. The number of hydrogen-bond acceptors (Lipinski definition) is 4. The fourth-order valence-corrected chi connectivity index (χ4v) is 3.90. The number of anilines is 1. The zero-order chi connectivity index (χ0) is 26.7. The lowest BCUT2D eigenvalue weighted by Gasteiger charge is -2.28. The van der Waals surface area contributed by atoms with E-state index in [-0.39, 0.29) is 11.7 Å². The van der Waals surface area contributed by atoms with E-state index in [9.17, 15) is 23.1 Å². The Labute approximate surface area is 213 Å². The molecular formula is C27H29ClF3N3O2. The zero-order valence-electron chi connectivity index (χ0n) is 20.5. The van der Waals surface area contributed by atoms with Gasteiger partial charge in [0, 0.05) is 35.1 Å². The molecule has 36 heavy (non-hydrogen) atoms. The van der Waals surface area contributed by atoms with E-state index in [1.807, 2.05) is 50.2 Å². The van der Waals surface area contributed by atoms with Crippen molar-refractivity contribution in [1.82, 2.24) is 10.3 Å². The molecule has 5 nitrogen and oxygen atoms in total. The molecule has 0 aliphatic heterocycles. The number of pyridine rings is 1. The fourth-order valence-electron chi connectivity index (χ4n) is 3.77. The Kier molecular flexibility index (Phi) is 8.19. The molecule has 0 aliphatic rings. The average Bonchev–Trinajstić information content (AvgIpc) is 2.81. The van der Waals surface area contributed by atoms with Crippen LogP contribution >= 0.6 is 11.6 Å². The minimum Gasteiger partial charge on any atom is -0.506 e. The quantitative estimate of drug-likeness (QED) is 0.309. The van der Waals surface area contributed by atoms with Gasteiger partial charge in [0.05, 0.1) is 16.7 Å². The van der Waals surface area contributed by atoms with Crippen molar-refractivity contribution >= 4 is 23.2 Å². The number of alkyl halides is 3. The maximum atomic E-state index is 13.1. The lowest BCUT2D eigenvalue weighted by Crippen LogP contribution is -2.47. The summed E-state index contributed by atoms with van der Waals surface area (Å²) >= 11 is 6.03. The van der Waals surface area contributed by atoms with Crippen LogP contribution in [-0.4, -0.2) is 28.6 Å². The number of rotatable bonds is 8. The number of aromatic nitrogens is 1. The summed E-state index contributed by atoms with van der Waals surface area (Å²) in [6, 6.07) is 13.9. The van der Waals surface area contributed by atoms with Gasteiger partial charge >= 0.3 is 6.18 Å². The number of carbonyl (C=O) groups excluding carboxylic acids is 1. The second-order valence-electron chi connectivity index (χ2n) is 9.23. The Morgan fingerprint density at radius 2 is 1.78 bits per heavy atom. The van der Waals surface area contributed by atoms with Crippen molar-refractivity contribution in [2.75, 3.05) is 11.9 Å². The Bertz CT molecular complexity index is 1230. The molecule has 1 heterocycles. The Morgan fingerprint density at radius 3 is 2.36 bits per heavy atom. The van der Waals surface area contributed by atoms with E-state index in [2.05, 4.69) is 21.7 Å². The number of halogens is 4. The van der Waals surface area contributed by atoms with Crippen LogP contribution in [-0.2, 0) is 16.4 Å². The summed E-state index contributed by atoms with van der Waals surface area (Å²) in [5.74, 6) is -1.14. The number of nitrogens with one attached hydrogen (secondary N) is 2. The number of hydrogen-bond donors (Lipinski definition) is 3. The van der Waals surface area contributed by atoms with Gasteiger partial charge in [-0.25, -0.2) is 0 Å². The van der Waals surface area contributed by atoms with Crippen molar-refractivity contribution in [3.8, 4) is 16.9 Å². The minimum absolute atomic E-state index is 0.126. The first-order chi connectivity index (χ1) is 16.8. The maximum absolute atomic E-state index is 13.1. The largest absolute Gasteiger partial charge is 0.506 e. The maximum Gasteiger partial charge on any atom is 0.418 e. The van der Waals surface area contributed by atoms with Crippen LogP contribution in [0.25, 0.3) is 11.1 Å². The van der Waals surface area contributed by atoms with Crippen molar-refractivity contribution in [2.24, 2.45) is 0 Å². The summed E-state index contributed by atoms with van der Waals surface area (Å²) in [4.78, 5) is 16.9. The van der Waals surface area contributed by atoms with E-state index >= 15 is 0 Å². The molecule has 0 aliphatic carbocycles. The first-order valence-electron chi connectivity index (χ1n) is 11.5. The number of amides is 1. The SMILES string of the molecule is CCC(CNc1ccc(C)cc1-c1ccc(Cl)cc1)NC(=O)C(C)(C)c1ncc(C(F)(F)F)cc1O. The number of benzene rings is 2. The molecule has 0 spiro atoms. The van der Waals surface area contributed by atoms with Crippen molar-refractivity contribution in [3.63, 3.8) is 0 Å². The van der Waals surface area contributed by atoms with Gasteiger partial charge in [-0.2, -0.15) is 13.2 Å². The van der Waals surface area contributed by atoms with E-state index in [4.69, 9.17) is 11.6 Å². The van der Waals surface area contributed by atoms with Gasteiger partial charge in [-0.3, -0.25) is 9.78 Å². The molecule has 1 aromatic heterocycles. The van der Waals surface area contributed by atoms with Crippen LogP contribution in [0.3, 0.4) is 0 Å². The van der Waals surface area contributed by atoms with Gasteiger partial charge in [0.25, 0.3) is 0 Å². The van der Waals surface area contributed by atoms with E-state index in [0.29, 0.717) is 30.3 Å². The monoisotopic (exact) mass is 519 g/mol. The van der Waals surface area contributed by atoms with Crippen LogP contribution in [0.15, 0.2) is 54.7 Å². The third-order valence-corrected chi connectivity index (χ3v) is 6.30. The summed E-state index contributed by atoms with van der Waals surface area (Å²) in [5, 5.41) is 17.2. The number of nitrogens with zero attached hydrogens (tertiary/aromatic N) is 1. The molecule has 192 valence electrons. The molecular weight excluding hydrogens is 491 g/mol. The molecule has 1 unspecified atom stereocenters. The van der Waals surface area contributed by atoms with Crippen LogP contribution < -0.4 is 10.6 Å². The minimum atomic E-state index is -4.64. The average molecular weight is 520 g/mol. The smallest absolute Gasteiger partial charge is 0.418 e. The topological polar surface area (TPSA) is 74.2 Å². The summed E-state index contributed by atoms with van der Waals surface area (Å²) < 4.78 is 38.8. The molecule has 0 bridgehead atoms. The van der Waals surface area contributed by atoms with Crippen molar-refractivity contribution < 1.29 is 23.1 Å². The third-order valence-electron chi connectivity index (χ3n) is 6.05. The predicted octanol–water partition coefficient (Wildman–Crippen LogP) is 6.72. The number of carbonyl (C=O) groups is 1. The molecule has 3 N–H and O–H groups in total. The van der Waals surface area contributed by atoms with E-state index in [0.717, 1.165) is 22.4 Å². The Balaban J connectivity index is 1.75. The molecule has 0 fully saturated rings. The van der Waals surface area contributed by atoms with E-state index in [1.54, 1.807) is 0 Å². The Hall–Kier alpha value is -3.26. The first-order valence-corrected chi connectivity index (χ1v) is 11.9. The second-order valence-corrected chi connectivity index (χ2v) is 9.67. The highest BCUT2D eigenvalue weighted by Crippen LogP contribution is 2.36. The van der Waals surface area contributed by atoms with Gasteiger partial charge in [-0.15, -0.1) is 0 Å².